The van der Waals surface area contributed by atoms with Crippen LogP contribution in [0.4, 0.5) is 5.69 Å². The second-order valence-corrected chi connectivity index (χ2v) is 11.9. The summed E-state index contributed by atoms with van der Waals surface area (Å²) in [5, 5.41) is 19.7. The van der Waals surface area contributed by atoms with Gasteiger partial charge in [0.05, 0.1) is 22.9 Å². The molecule has 1 saturated carbocycles. The molecular formula is C37H46N4. The van der Waals surface area contributed by atoms with Crippen LogP contribution in [0.1, 0.15) is 125 Å². The van der Waals surface area contributed by atoms with Crippen molar-refractivity contribution in [2.45, 2.75) is 104 Å². The number of benzene rings is 3. The molecule has 214 valence electrons. The van der Waals surface area contributed by atoms with Gasteiger partial charge in [-0.3, -0.25) is 15.3 Å². The van der Waals surface area contributed by atoms with Crippen LogP contribution >= 0.6 is 0 Å². The number of anilines is 1. The molecule has 0 amide bonds. The number of aliphatic imine (C=N–C) groups is 1. The van der Waals surface area contributed by atoms with E-state index in [1.165, 1.54) is 16.7 Å². The lowest BCUT2D eigenvalue weighted by atomic mass is 9.80. The van der Waals surface area contributed by atoms with Gasteiger partial charge in [0.25, 0.3) is 0 Å². The fourth-order valence-corrected chi connectivity index (χ4v) is 6.84. The Hall–Kier alpha value is -3.71. The Labute approximate surface area is 247 Å². The van der Waals surface area contributed by atoms with E-state index in [1.54, 1.807) is 0 Å². The largest absolute Gasteiger partial charge is 0.283 e. The minimum absolute atomic E-state index is 0.0104. The molecule has 1 fully saturated rings. The molecule has 5 rings (SSSR count). The van der Waals surface area contributed by atoms with E-state index in [1.807, 2.05) is 44.2 Å². The smallest absolute Gasteiger partial charge is 0.142 e. The summed E-state index contributed by atoms with van der Waals surface area (Å²) in [6.45, 7) is 19.5. The highest BCUT2D eigenvalue weighted by Crippen LogP contribution is 2.67. The molecule has 1 N–H and O–H groups in total. The molecule has 2 atom stereocenters. The SMILES string of the molecule is CC.CCC12C[C@]1(CC)N=C(N(C(=N)c1ccccc1C)c1c(C(C)C)cccc1C(C)C)c1cc(C#N)ccc12. The normalized spacial score (nSPS) is 20.3. The fourth-order valence-electron chi connectivity index (χ4n) is 6.84. The molecule has 0 radical (unpaired) electrons. The summed E-state index contributed by atoms with van der Waals surface area (Å²) in [6, 6.07) is 23.2. The predicted octanol–water partition coefficient (Wildman–Crippen LogP) is 9.63. The highest BCUT2D eigenvalue weighted by atomic mass is 15.3. The van der Waals surface area contributed by atoms with Crippen molar-refractivity contribution in [1.29, 1.82) is 10.7 Å². The lowest BCUT2D eigenvalue weighted by molar-refractivity contribution is 0.498. The monoisotopic (exact) mass is 546 g/mol. The Balaban J connectivity index is 0.00000189. The third kappa shape index (κ3) is 4.80. The van der Waals surface area contributed by atoms with Crippen LogP contribution in [-0.4, -0.2) is 17.2 Å². The number of nitrogens with one attached hydrogen (secondary N) is 1. The molecule has 0 spiro atoms. The van der Waals surface area contributed by atoms with Crippen molar-refractivity contribution >= 4 is 17.4 Å². The van der Waals surface area contributed by atoms with Gasteiger partial charge in [-0.05, 0) is 72.4 Å². The Morgan fingerprint density at radius 2 is 1.59 bits per heavy atom. The number of hydrogen-bond acceptors (Lipinski definition) is 3. The third-order valence-corrected chi connectivity index (χ3v) is 9.18. The van der Waals surface area contributed by atoms with Crippen molar-refractivity contribution in [1.82, 2.24) is 0 Å². The van der Waals surface area contributed by atoms with Crippen molar-refractivity contribution in [2.24, 2.45) is 4.99 Å². The highest BCUT2D eigenvalue weighted by molar-refractivity contribution is 6.30. The quantitative estimate of drug-likeness (QED) is 0.247. The number of rotatable bonds is 6. The van der Waals surface area contributed by atoms with Gasteiger partial charge < -0.3 is 0 Å². The van der Waals surface area contributed by atoms with Crippen molar-refractivity contribution in [2.75, 3.05) is 4.90 Å². The summed E-state index contributed by atoms with van der Waals surface area (Å²) in [4.78, 5) is 7.74. The van der Waals surface area contributed by atoms with Crippen LogP contribution in [-0.2, 0) is 5.41 Å². The van der Waals surface area contributed by atoms with Gasteiger partial charge in [0.1, 0.15) is 11.7 Å². The van der Waals surface area contributed by atoms with E-state index in [0.29, 0.717) is 11.4 Å². The van der Waals surface area contributed by atoms with Gasteiger partial charge in [0.2, 0.25) is 0 Å². The van der Waals surface area contributed by atoms with E-state index in [2.05, 4.69) is 89.8 Å². The van der Waals surface area contributed by atoms with E-state index < -0.39 is 0 Å². The minimum Gasteiger partial charge on any atom is -0.283 e. The molecule has 0 saturated heterocycles. The first-order valence-corrected chi connectivity index (χ1v) is 15.4. The molecule has 41 heavy (non-hydrogen) atoms. The maximum absolute atomic E-state index is 9.89. The Kier molecular flexibility index (Phi) is 8.59. The first-order chi connectivity index (χ1) is 19.6. The summed E-state index contributed by atoms with van der Waals surface area (Å²) < 4.78 is 0. The van der Waals surface area contributed by atoms with Gasteiger partial charge in [-0.25, -0.2) is 0 Å². The van der Waals surface area contributed by atoms with Gasteiger partial charge >= 0.3 is 0 Å². The number of amidine groups is 2. The second kappa shape index (κ2) is 11.6. The minimum atomic E-state index is -0.187. The van der Waals surface area contributed by atoms with E-state index in [0.717, 1.165) is 47.5 Å². The molecule has 4 heteroatoms. The molecule has 2 aliphatic rings. The zero-order valence-corrected chi connectivity index (χ0v) is 26.4. The maximum Gasteiger partial charge on any atom is 0.142 e. The van der Waals surface area contributed by atoms with Crippen molar-refractivity contribution in [3.8, 4) is 6.07 Å². The zero-order valence-electron chi connectivity index (χ0n) is 26.4. The van der Waals surface area contributed by atoms with Crippen LogP contribution in [0.25, 0.3) is 0 Å². The lowest BCUT2D eigenvalue weighted by Gasteiger charge is -2.38. The zero-order chi connectivity index (χ0) is 30.1. The van der Waals surface area contributed by atoms with Crippen LogP contribution in [0.5, 0.6) is 0 Å². The van der Waals surface area contributed by atoms with Crippen molar-refractivity contribution < 1.29 is 0 Å². The predicted molar refractivity (Wildman–Crippen MR) is 174 cm³/mol. The van der Waals surface area contributed by atoms with Crippen LogP contribution in [0.2, 0.25) is 0 Å². The molecule has 1 aliphatic carbocycles. The summed E-state index contributed by atoms with van der Waals surface area (Å²) >= 11 is 0. The van der Waals surface area contributed by atoms with Gasteiger partial charge in [-0.1, -0.05) is 104 Å². The number of hydrogen-bond donors (Lipinski definition) is 1. The second-order valence-electron chi connectivity index (χ2n) is 11.9. The third-order valence-electron chi connectivity index (χ3n) is 9.18. The molecule has 1 heterocycles. The fraction of sp³-hybridized carbons (Fsp3) is 0.432. The number of para-hydroxylation sites is 1. The summed E-state index contributed by atoms with van der Waals surface area (Å²) in [6.07, 6.45) is 2.95. The van der Waals surface area contributed by atoms with Gasteiger partial charge in [0.15, 0.2) is 0 Å². The summed E-state index contributed by atoms with van der Waals surface area (Å²) in [5.41, 5.74) is 8.09. The molecule has 1 aliphatic heterocycles. The Bertz CT molecular complexity index is 1500. The van der Waals surface area contributed by atoms with Crippen LogP contribution in [0, 0.1) is 23.7 Å². The van der Waals surface area contributed by atoms with Crippen molar-refractivity contribution in [3.63, 3.8) is 0 Å². The first-order valence-electron chi connectivity index (χ1n) is 15.4. The molecular weight excluding hydrogens is 500 g/mol. The van der Waals surface area contributed by atoms with Crippen LogP contribution in [0.15, 0.2) is 65.7 Å². The molecule has 4 nitrogen and oxygen atoms in total. The topological polar surface area (TPSA) is 63.2 Å². The van der Waals surface area contributed by atoms with Gasteiger partial charge in [0, 0.05) is 16.5 Å². The number of nitriles is 1. The molecule has 3 aromatic rings. The van der Waals surface area contributed by atoms with E-state index in [-0.39, 0.29) is 22.8 Å². The van der Waals surface area contributed by atoms with Crippen LogP contribution in [0.3, 0.4) is 0 Å². The van der Waals surface area contributed by atoms with E-state index in [9.17, 15) is 10.7 Å². The molecule has 0 aromatic heterocycles. The van der Waals surface area contributed by atoms with E-state index >= 15 is 0 Å². The lowest BCUT2D eigenvalue weighted by Crippen LogP contribution is -2.44. The first kappa shape index (κ1) is 30.3. The summed E-state index contributed by atoms with van der Waals surface area (Å²) in [7, 11) is 0. The number of aryl methyl sites for hydroxylation is 1. The number of fused-ring (bicyclic) bond motifs is 3. The average molecular weight is 547 g/mol. The molecule has 1 unspecified atom stereocenters. The van der Waals surface area contributed by atoms with Crippen LogP contribution < -0.4 is 4.90 Å². The van der Waals surface area contributed by atoms with Gasteiger partial charge in [-0.2, -0.15) is 5.26 Å². The van der Waals surface area contributed by atoms with E-state index in [4.69, 9.17) is 4.99 Å². The molecule has 0 bridgehead atoms. The Morgan fingerprint density at radius 3 is 2.12 bits per heavy atom. The Morgan fingerprint density at radius 1 is 0.951 bits per heavy atom. The standard InChI is InChI=1S/C35H40N4.C2H6/c1-8-34-21-35(34,9-2)38-33(29-19-25(20-36)17-18-30(29)34)39(32(37)28-14-11-10-13-24(28)7)31-26(22(3)4)15-12-16-27(31)23(5)6;1-2/h10-19,22-23,37H,8-9,21H2,1-7H3;1-2H3/t34?,35-;/m0./s1. The summed E-state index contributed by atoms with van der Waals surface area (Å²) in [5.74, 6) is 1.74. The average Bonchev–Trinajstić information content (AvgIpc) is 3.68. The van der Waals surface area contributed by atoms with Crippen molar-refractivity contribution in [3.05, 3.63) is 99.6 Å². The highest BCUT2D eigenvalue weighted by Gasteiger charge is 2.69. The maximum atomic E-state index is 9.89. The number of nitrogens with zero attached hydrogens (tertiary/aromatic N) is 3. The molecule has 3 aromatic carbocycles. The van der Waals surface area contributed by atoms with Gasteiger partial charge in [-0.15, -0.1) is 0 Å².